The van der Waals surface area contributed by atoms with Crippen LogP contribution in [0, 0.1) is 11.8 Å². The summed E-state index contributed by atoms with van der Waals surface area (Å²) in [5.41, 5.74) is 1.88. The molecule has 6 rings (SSSR count). The number of hydrogen-bond donors (Lipinski definition) is 2. The minimum atomic E-state index is -4.13. The number of ether oxygens (including phenoxy) is 2. The molecule has 1 saturated carbocycles. The molecule has 0 aromatic heterocycles. The Balaban J connectivity index is 1.45. The number of nitrogens with zero attached hydrogens (tertiary/aromatic N) is 1. The largest absolute Gasteiger partial charge is 0.490 e. The Labute approximate surface area is 253 Å². The van der Waals surface area contributed by atoms with E-state index in [4.69, 9.17) is 21.1 Å². The zero-order chi connectivity index (χ0) is 29.7. The Hall–Kier alpha value is -2.59. The van der Waals surface area contributed by atoms with E-state index in [0.29, 0.717) is 37.3 Å². The quantitative estimate of drug-likeness (QED) is 0.454. The molecular formula is C32H40ClN3O5S. The summed E-state index contributed by atoms with van der Waals surface area (Å²) in [6.07, 6.45) is 9.10. The van der Waals surface area contributed by atoms with Crippen molar-refractivity contribution in [3.8, 4) is 5.75 Å². The van der Waals surface area contributed by atoms with Gasteiger partial charge in [-0.3, -0.25) is 4.79 Å². The summed E-state index contributed by atoms with van der Waals surface area (Å²) in [6.45, 7) is 5.69. The molecule has 2 N–H and O–H groups in total. The van der Waals surface area contributed by atoms with Gasteiger partial charge in [-0.25, -0.2) is 13.1 Å². The van der Waals surface area contributed by atoms with Gasteiger partial charge in [-0.15, -0.1) is 0 Å². The normalized spacial score (nSPS) is 30.2. The second-order valence-corrected chi connectivity index (χ2v) is 14.9. The molecule has 1 spiro atoms. The molecule has 4 aliphatic rings. The average molecular weight is 614 g/mol. The summed E-state index contributed by atoms with van der Waals surface area (Å²) in [5, 5.41) is 3.89. The van der Waals surface area contributed by atoms with Crippen molar-refractivity contribution in [1.29, 1.82) is 0 Å². The van der Waals surface area contributed by atoms with Crippen molar-refractivity contribution >= 4 is 33.2 Å². The summed E-state index contributed by atoms with van der Waals surface area (Å²) < 4.78 is 41.8. The topological polar surface area (TPSA) is 97.0 Å². The van der Waals surface area contributed by atoms with E-state index in [1.807, 2.05) is 12.1 Å². The van der Waals surface area contributed by atoms with E-state index < -0.39 is 21.5 Å². The molecule has 2 aromatic rings. The van der Waals surface area contributed by atoms with Crippen LogP contribution in [0.4, 0.5) is 5.69 Å². The first-order valence-corrected chi connectivity index (χ1v) is 16.7. The monoisotopic (exact) mass is 613 g/mol. The van der Waals surface area contributed by atoms with Gasteiger partial charge in [0.05, 0.1) is 28.8 Å². The lowest BCUT2D eigenvalue weighted by atomic mass is 9.68. The lowest BCUT2D eigenvalue weighted by Gasteiger charge is -2.46. The van der Waals surface area contributed by atoms with E-state index in [0.717, 1.165) is 49.4 Å². The van der Waals surface area contributed by atoms with Crippen molar-refractivity contribution in [2.45, 2.75) is 67.9 Å². The molecule has 2 aliphatic carbocycles. The van der Waals surface area contributed by atoms with E-state index in [9.17, 15) is 13.2 Å². The van der Waals surface area contributed by atoms with Crippen molar-refractivity contribution in [1.82, 2.24) is 10.0 Å². The Morgan fingerprint density at radius 3 is 2.74 bits per heavy atom. The fourth-order valence-corrected chi connectivity index (χ4v) is 8.43. The van der Waals surface area contributed by atoms with Crippen LogP contribution in [-0.4, -0.2) is 59.3 Å². The summed E-state index contributed by atoms with van der Waals surface area (Å²) in [6, 6.07) is 11.1. The van der Waals surface area contributed by atoms with Gasteiger partial charge in [0.15, 0.2) is 0 Å². The number of anilines is 1. The van der Waals surface area contributed by atoms with Gasteiger partial charge in [0, 0.05) is 37.2 Å². The van der Waals surface area contributed by atoms with Crippen LogP contribution in [0.25, 0.3) is 0 Å². The molecule has 226 valence electrons. The van der Waals surface area contributed by atoms with Gasteiger partial charge in [0.25, 0.3) is 15.9 Å². The van der Waals surface area contributed by atoms with Gasteiger partial charge in [-0.2, -0.15) is 0 Å². The first-order valence-electron chi connectivity index (χ1n) is 14.8. The van der Waals surface area contributed by atoms with Crippen LogP contribution in [0.2, 0.25) is 5.02 Å². The molecule has 4 atom stereocenters. The van der Waals surface area contributed by atoms with Gasteiger partial charge in [-0.05, 0) is 99.2 Å². The molecule has 2 aliphatic heterocycles. The highest BCUT2D eigenvalue weighted by molar-refractivity contribution is 7.90. The second-order valence-electron chi connectivity index (χ2n) is 12.8. The number of fused-ring (bicyclic) bond motifs is 4. The highest BCUT2D eigenvalue weighted by atomic mass is 35.5. The molecule has 2 heterocycles. The van der Waals surface area contributed by atoms with Gasteiger partial charge in [-0.1, -0.05) is 29.8 Å². The third-order valence-corrected chi connectivity index (χ3v) is 11.3. The maximum absolute atomic E-state index is 13.5. The van der Waals surface area contributed by atoms with Crippen LogP contribution in [-0.2, 0) is 31.4 Å². The van der Waals surface area contributed by atoms with Crippen molar-refractivity contribution in [3.63, 3.8) is 0 Å². The summed E-state index contributed by atoms with van der Waals surface area (Å²) in [4.78, 5) is 15.5. The van der Waals surface area contributed by atoms with Crippen LogP contribution in [0.3, 0.4) is 0 Å². The van der Waals surface area contributed by atoms with E-state index in [2.05, 4.69) is 33.1 Å². The van der Waals surface area contributed by atoms with Gasteiger partial charge < -0.3 is 19.7 Å². The number of nitrogens with one attached hydrogen (secondary N) is 2. The summed E-state index contributed by atoms with van der Waals surface area (Å²) in [5.74, 6) is 0.738. The molecule has 0 saturated heterocycles. The highest BCUT2D eigenvalue weighted by Gasteiger charge is 2.44. The minimum Gasteiger partial charge on any atom is -0.490 e. The van der Waals surface area contributed by atoms with E-state index in [1.54, 1.807) is 33.1 Å². The predicted molar refractivity (Wildman–Crippen MR) is 164 cm³/mol. The van der Waals surface area contributed by atoms with Crippen molar-refractivity contribution in [3.05, 3.63) is 64.7 Å². The summed E-state index contributed by atoms with van der Waals surface area (Å²) in [7, 11) is -2.38. The fourth-order valence-electron chi connectivity index (χ4n) is 7.10. The van der Waals surface area contributed by atoms with Gasteiger partial charge in [0.2, 0.25) is 0 Å². The van der Waals surface area contributed by atoms with Crippen LogP contribution in [0.1, 0.15) is 50.7 Å². The second kappa shape index (κ2) is 11.2. The Morgan fingerprint density at radius 1 is 1.14 bits per heavy atom. The average Bonchev–Trinajstić information content (AvgIpc) is 3.08. The molecule has 1 amide bonds. The van der Waals surface area contributed by atoms with Crippen molar-refractivity contribution in [2.24, 2.45) is 11.8 Å². The molecular weight excluding hydrogens is 574 g/mol. The predicted octanol–water partition coefficient (Wildman–Crippen LogP) is 4.60. The smallest absolute Gasteiger partial charge is 0.264 e. The highest BCUT2D eigenvalue weighted by Crippen LogP contribution is 2.47. The molecule has 1 fully saturated rings. The zero-order valence-electron chi connectivity index (χ0n) is 24.5. The molecule has 2 aromatic carbocycles. The van der Waals surface area contributed by atoms with Crippen LogP contribution >= 0.6 is 11.6 Å². The maximum atomic E-state index is 13.5. The number of methoxy groups -OCH3 is 1. The van der Waals surface area contributed by atoms with Crippen molar-refractivity contribution in [2.75, 3.05) is 38.3 Å². The number of carbonyl (C=O) groups is 1. The number of rotatable bonds is 1. The molecule has 8 nitrogen and oxygen atoms in total. The minimum absolute atomic E-state index is 0.0395. The molecule has 0 unspecified atom stereocenters. The summed E-state index contributed by atoms with van der Waals surface area (Å²) >= 11 is 6.40. The molecule has 0 radical (unpaired) electrons. The molecule has 42 heavy (non-hydrogen) atoms. The fraction of sp³-hybridized carbons (Fsp3) is 0.531. The van der Waals surface area contributed by atoms with Crippen molar-refractivity contribution < 1.29 is 22.7 Å². The maximum Gasteiger partial charge on any atom is 0.264 e. The Morgan fingerprint density at radius 2 is 1.98 bits per heavy atom. The van der Waals surface area contributed by atoms with E-state index in [1.165, 1.54) is 17.2 Å². The third kappa shape index (κ3) is 5.45. The Bertz CT molecular complexity index is 1510. The number of hydrogen-bond acceptors (Lipinski definition) is 7. The SMILES string of the molecule is CO[C@H]1C=CCNC(C)(C)C(=O)NS(=O)(=O)c2ccc3c(c2)N(C[C@@H]2CC[C@H]21)C[C@@]1(CCCc2cc(Cl)ccc21)CO3. The number of aryl methyl sites for hydroxylation is 1. The lowest BCUT2D eigenvalue weighted by molar-refractivity contribution is -0.124. The third-order valence-electron chi connectivity index (χ3n) is 9.73. The number of sulfonamides is 1. The van der Waals surface area contributed by atoms with E-state index in [-0.39, 0.29) is 16.4 Å². The lowest BCUT2D eigenvalue weighted by Crippen LogP contribution is -2.54. The van der Waals surface area contributed by atoms with Crippen LogP contribution in [0.15, 0.2) is 53.4 Å². The van der Waals surface area contributed by atoms with Gasteiger partial charge >= 0.3 is 0 Å². The van der Waals surface area contributed by atoms with Crippen LogP contribution in [0.5, 0.6) is 5.75 Å². The number of halogens is 1. The first-order chi connectivity index (χ1) is 20.0. The van der Waals surface area contributed by atoms with Gasteiger partial charge in [0.1, 0.15) is 5.75 Å². The standard InChI is InChI=1S/C32H40ClN3O5S/c1-31(2)30(37)35-42(38,39)24-10-13-29-27(17-24)36(18-22-8-11-25(22)28(40-3)7-5-15-34-31)19-32(20-41-29)14-4-6-21-16-23(33)9-12-26(21)32/h5,7,9-10,12-13,16-17,22,25,28,34H,4,6,8,11,14-15,18-20H2,1-3H3,(H,35,37)/t22-,25+,28-,32-/m0/s1. The van der Waals surface area contributed by atoms with E-state index >= 15 is 0 Å². The van der Waals surface area contributed by atoms with Crippen LogP contribution < -0.4 is 19.7 Å². The number of carbonyl (C=O) groups excluding carboxylic acids is 1. The zero-order valence-corrected chi connectivity index (χ0v) is 26.1. The number of amides is 1. The Kier molecular flexibility index (Phi) is 7.83. The molecule has 10 heteroatoms. The first kappa shape index (κ1) is 29.5. The number of benzene rings is 2. The molecule has 2 bridgehead atoms.